The number of ether oxygens (including phenoxy) is 2. The SMILES string of the molecule is CCOC(=O)CO[C@H]1[C@H](NC(=O)C(=NOC)c2csc(NC(=O)CCl)n2)C(=O)N1S(=O)(=O)O.[H-].[Na+]. The third-order valence-corrected chi connectivity index (χ3v) is 5.61. The maximum Gasteiger partial charge on any atom is 1.00 e. The average Bonchev–Trinajstić information content (AvgIpc) is 3.19. The molecule has 1 fully saturated rings. The Morgan fingerprint density at radius 1 is 1.41 bits per heavy atom. The predicted molar refractivity (Wildman–Crippen MR) is 113 cm³/mol. The van der Waals surface area contributed by atoms with E-state index in [2.05, 4.69) is 30.3 Å². The Balaban J connectivity index is 0.00000578. The molecule has 0 aliphatic carbocycles. The van der Waals surface area contributed by atoms with E-state index in [9.17, 15) is 32.1 Å². The zero-order valence-electron chi connectivity index (χ0n) is 19.0. The number of hydrogen-bond donors (Lipinski definition) is 3. The van der Waals surface area contributed by atoms with Gasteiger partial charge in [0, 0.05) is 5.38 Å². The number of β-lactam (4-membered cyclic amide) rings is 1. The van der Waals surface area contributed by atoms with E-state index in [4.69, 9.17) is 16.3 Å². The molecule has 0 bridgehead atoms. The van der Waals surface area contributed by atoms with Crippen LogP contribution in [0, 0.1) is 0 Å². The Labute approximate surface area is 225 Å². The van der Waals surface area contributed by atoms with Gasteiger partial charge in [-0.3, -0.25) is 18.9 Å². The molecule has 34 heavy (non-hydrogen) atoms. The molecule has 0 radical (unpaired) electrons. The monoisotopic (exact) mass is 551 g/mol. The second-order valence-corrected chi connectivity index (χ2v) is 8.33. The largest absolute Gasteiger partial charge is 1.00 e. The van der Waals surface area contributed by atoms with Crippen molar-refractivity contribution in [2.24, 2.45) is 5.16 Å². The third-order valence-electron chi connectivity index (χ3n) is 3.72. The summed E-state index contributed by atoms with van der Waals surface area (Å²) in [6.45, 7) is 0.782. The molecule has 1 saturated heterocycles. The molecule has 1 aromatic heterocycles. The fraction of sp³-hybridized carbons (Fsp3) is 0.467. The van der Waals surface area contributed by atoms with Gasteiger partial charge in [0.25, 0.3) is 11.8 Å². The van der Waals surface area contributed by atoms with Crippen molar-refractivity contribution in [3.8, 4) is 0 Å². The van der Waals surface area contributed by atoms with Crippen molar-refractivity contribution in [2.45, 2.75) is 19.2 Å². The molecular weight excluding hydrogens is 533 g/mol. The summed E-state index contributed by atoms with van der Waals surface area (Å²) in [4.78, 5) is 56.4. The fourth-order valence-corrected chi connectivity index (χ4v) is 4.00. The molecule has 0 spiro atoms. The van der Waals surface area contributed by atoms with Crippen LogP contribution in [0.15, 0.2) is 10.5 Å². The predicted octanol–water partition coefficient (Wildman–Crippen LogP) is -4.18. The Bertz CT molecular complexity index is 1070. The molecule has 3 N–H and O–H groups in total. The average molecular weight is 552 g/mol. The molecule has 0 saturated carbocycles. The quantitative estimate of drug-likeness (QED) is 0.0457. The van der Waals surface area contributed by atoms with Crippen LogP contribution < -0.4 is 40.2 Å². The van der Waals surface area contributed by atoms with Gasteiger partial charge in [-0.15, -0.1) is 22.9 Å². The van der Waals surface area contributed by atoms with Gasteiger partial charge in [-0.05, 0) is 6.92 Å². The summed E-state index contributed by atoms with van der Waals surface area (Å²) in [7, 11) is -3.91. The van der Waals surface area contributed by atoms with Gasteiger partial charge in [0.1, 0.15) is 25.3 Å². The van der Waals surface area contributed by atoms with E-state index >= 15 is 0 Å². The molecular formula is C15H19ClN5NaO10S2. The molecule has 1 aromatic rings. The number of alkyl halides is 1. The maximum absolute atomic E-state index is 12.7. The molecule has 1 aliphatic heterocycles. The van der Waals surface area contributed by atoms with E-state index in [-0.39, 0.29) is 58.6 Å². The van der Waals surface area contributed by atoms with E-state index in [1.54, 1.807) is 0 Å². The second kappa shape index (κ2) is 13.3. The Hall–Kier alpha value is -1.86. The van der Waals surface area contributed by atoms with Crippen LogP contribution in [0.3, 0.4) is 0 Å². The first kappa shape index (κ1) is 30.2. The third kappa shape index (κ3) is 7.57. The van der Waals surface area contributed by atoms with Gasteiger partial charge in [-0.2, -0.15) is 12.7 Å². The van der Waals surface area contributed by atoms with Gasteiger partial charge in [0.15, 0.2) is 23.1 Å². The van der Waals surface area contributed by atoms with Crippen LogP contribution >= 0.6 is 22.9 Å². The molecule has 3 amide bonds. The van der Waals surface area contributed by atoms with Crippen LogP contribution in [0.25, 0.3) is 0 Å². The number of nitrogens with one attached hydrogen (secondary N) is 2. The van der Waals surface area contributed by atoms with Gasteiger partial charge in [0.2, 0.25) is 5.91 Å². The molecule has 184 valence electrons. The number of halogens is 1. The van der Waals surface area contributed by atoms with Crippen molar-refractivity contribution in [1.82, 2.24) is 14.6 Å². The zero-order chi connectivity index (χ0) is 24.8. The summed E-state index contributed by atoms with van der Waals surface area (Å²) in [5.41, 5.74) is -0.478. The van der Waals surface area contributed by atoms with Gasteiger partial charge >= 0.3 is 45.8 Å². The smallest absolute Gasteiger partial charge is 1.00 e. The minimum atomic E-state index is -5.05. The molecule has 2 rings (SSSR count). The van der Waals surface area contributed by atoms with Crippen molar-refractivity contribution in [1.29, 1.82) is 0 Å². The molecule has 2 atom stereocenters. The summed E-state index contributed by atoms with van der Waals surface area (Å²) in [6, 6.07) is -1.61. The number of carbonyl (C=O) groups excluding carboxylic acids is 4. The van der Waals surface area contributed by atoms with Crippen LogP contribution in [0.4, 0.5) is 5.13 Å². The first-order chi connectivity index (χ1) is 15.5. The number of carbonyl (C=O) groups is 4. The summed E-state index contributed by atoms with van der Waals surface area (Å²) in [6.07, 6.45) is -1.74. The van der Waals surface area contributed by atoms with Gasteiger partial charge in [-0.25, -0.2) is 9.78 Å². The van der Waals surface area contributed by atoms with Crippen molar-refractivity contribution in [3.63, 3.8) is 0 Å². The number of amides is 3. The van der Waals surface area contributed by atoms with Crippen LogP contribution in [0.2, 0.25) is 0 Å². The van der Waals surface area contributed by atoms with E-state index in [1.165, 1.54) is 12.3 Å². The Morgan fingerprint density at radius 3 is 2.65 bits per heavy atom. The van der Waals surface area contributed by atoms with Crippen LogP contribution in [0.1, 0.15) is 14.0 Å². The first-order valence-corrected chi connectivity index (χ1v) is 11.7. The molecule has 1 aliphatic rings. The zero-order valence-corrected chi connectivity index (χ0v) is 22.4. The van der Waals surface area contributed by atoms with Crippen LogP contribution in [-0.2, 0) is 43.8 Å². The van der Waals surface area contributed by atoms with Crippen molar-refractivity contribution in [3.05, 3.63) is 11.1 Å². The first-order valence-electron chi connectivity index (χ1n) is 8.85. The number of nitrogens with zero attached hydrogens (tertiary/aromatic N) is 3. The minimum Gasteiger partial charge on any atom is -1.00 e. The molecule has 0 unspecified atom stereocenters. The Kier molecular flexibility index (Phi) is 11.8. The van der Waals surface area contributed by atoms with Crippen molar-refractivity contribution >= 4 is 67.8 Å². The topological polar surface area (TPSA) is 203 Å². The number of thiazole rings is 1. The maximum atomic E-state index is 12.7. The van der Waals surface area contributed by atoms with E-state index in [0.29, 0.717) is 0 Å². The summed E-state index contributed by atoms with van der Waals surface area (Å²) in [5, 5.41) is 9.54. The van der Waals surface area contributed by atoms with E-state index in [0.717, 1.165) is 18.4 Å². The summed E-state index contributed by atoms with van der Waals surface area (Å²) in [5.74, 6) is -4.00. The molecule has 15 nitrogen and oxygen atoms in total. The number of oxime groups is 1. The van der Waals surface area contributed by atoms with Gasteiger partial charge in [0.05, 0.1) is 6.61 Å². The Morgan fingerprint density at radius 2 is 2.09 bits per heavy atom. The number of hydrogen-bond acceptors (Lipinski definition) is 12. The number of aromatic nitrogens is 1. The van der Waals surface area contributed by atoms with E-state index in [1.807, 2.05) is 0 Å². The molecule has 0 aromatic carbocycles. The van der Waals surface area contributed by atoms with Gasteiger partial charge < -0.3 is 26.4 Å². The second-order valence-electron chi connectivity index (χ2n) is 5.91. The fourth-order valence-electron chi connectivity index (χ4n) is 2.43. The number of esters is 1. The number of rotatable bonds is 11. The van der Waals surface area contributed by atoms with Crippen LogP contribution in [-0.4, -0.2) is 90.1 Å². The number of anilines is 1. The van der Waals surface area contributed by atoms with Crippen LogP contribution in [0.5, 0.6) is 0 Å². The molecule has 19 heteroatoms. The van der Waals surface area contributed by atoms with Crippen molar-refractivity contribution < 1.29 is 77.4 Å². The standard InChI is InChI=1S/C15H18ClN5O10S2.Na.H/c1-3-30-9(23)5-31-14-11(13(25)21(14)33(26,27)28)19-12(24)10(20-29-2)7-6-32-15(17-7)18-8(22)4-16;;/h6,11,14H,3-5H2,1-2H3,(H,19,24)(H,17,18,22)(H,26,27,28);;/q;+1;-1/t11-,14+;;/m1../s1. The summed E-state index contributed by atoms with van der Waals surface area (Å²) >= 11 is 6.35. The van der Waals surface area contributed by atoms with Gasteiger partial charge in [-0.1, -0.05) is 5.16 Å². The minimum absolute atomic E-state index is 0. The normalized spacial score (nSPS) is 17.8. The van der Waals surface area contributed by atoms with E-state index < -0.39 is 58.6 Å². The van der Waals surface area contributed by atoms with Crippen molar-refractivity contribution in [2.75, 3.05) is 31.5 Å². The molecule has 2 heterocycles. The summed E-state index contributed by atoms with van der Waals surface area (Å²) < 4.78 is 41.8.